The molecule has 0 aliphatic carbocycles. The molecule has 2 aromatic rings. The lowest BCUT2D eigenvalue weighted by Crippen LogP contribution is -2.48. The van der Waals surface area contributed by atoms with E-state index in [-0.39, 0.29) is 23.7 Å². The van der Waals surface area contributed by atoms with E-state index < -0.39 is 0 Å². The van der Waals surface area contributed by atoms with E-state index in [2.05, 4.69) is 15.4 Å². The van der Waals surface area contributed by atoms with Gasteiger partial charge in [0.15, 0.2) is 11.6 Å². The zero-order valence-electron chi connectivity index (χ0n) is 16.2. The third kappa shape index (κ3) is 4.63. The van der Waals surface area contributed by atoms with Gasteiger partial charge < -0.3 is 9.84 Å². The molecule has 0 bridgehead atoms. The number of nitrogens with one attached hydrogen (secondary N) is 1. The summed E-state index contributed by atoms with van der Waals surface area (Å²) in [5.74, 6) is 1.27. The molecule has 1 aromatic carbocycles. The van der Waals surface area contributed by atoms with Crippen LogP contribution < -0.4 is 5.32 Å². The van der Waals surface area contributed by atoms with Crippen molar-refractivity contribution in [1.29, 1.82) is 0 Å². The average Bonchev–Trinajstić information content (AvgIpc) is 3.07. The molecule has 1 amide bonds. The predicted octanol–water partition coefficient (Wildman–Crippen LogP) is 3.60. The first-order chi connectivity index (χ1) is 13.0. The van der Waals surface area contributed by atoms with Crippen LogP contribution in [0.2, 0.25) is 0 Å². The number of hydrogen-bond donors (Lipinski definition) is 1. The highest BCUT2D eigenvalue weighted by Crippen LogP contribution is 2.24. The van der Waals surface area contributed by atoms with Gasteiger partial charge in [0.25, 0.3) is 0 Å². The van der Waals surface area contributed by atoms with Crippen LogP contribution in [0.4, 0.5) is 5.82 Å². The first kappa shape index (κ1) is 19.3. The number of piperidine rings is 1. The van der Waals surface area contributed by atoms with Crippen molar-refractivity contribution in [1.82, 2.24) is 10.1 Å². The first-order valence-electron chi connectivity index (χ1n) is 9.57. The maximum atomic E-state index is 12.7. The molecule has 2 heterocycles. The summed E-state index contributed by atoms with van der Waals surface area (Å²) >= 11 is 0. The van der Waals surface area contributed by atoms with Crippen LogP contribution in [0.3, 0.4) is 0 Å². The number of ketones is 1. The lowest BCUT2D eigenvalue weighted by Gasteiger charge is -2.35. The standard InChI is InChI=1S/C21H27N3O3/c1-4-18(21(26)22-19-13-15(3)27-23-19)24-11-9-17(10-12-24)20(25)16-7-5-14(2)6-8-16/h5-8,13,17-18H,4,9-12H2,1-3H3,(H,22,23,26). The number of Topliss-reactive ketones (excluding diaryl/α,β-unsaturated/α-hetero) is 1. The highest BCUT2D eigenvalue weighted by molar-refractivity contribution is 5.98. The second-order valence-corrected chi connectivity index (χ2v) is 7.28. The molecule has 0 radical (unpaired) electrons. The zero-order chi connectivity index (χ0) is 19.4. The number of aromatic nitrogens is 1. The molecule has 0 spiro atoms. The van der Waals surface area contributed by atoms with Crippen LogP contribution in [0, 0.1) is 19.8 Å². The van der Waals surface area contributed by atoms with E-state index >= 15 is 0 Å². The number of likely N-dealkylation sites (tertiary alicyclic amines) is 1. The third-order valence-corrected chi connectivity index (χ3v) is 5.25. The number of hydrogen-bond acceptors (Lipinski definition) is 5. The van der Waals surface area contributed by atoms with Gasteiger partial charge in [-0.1, -0.05) is 41.9 Å². The Morgan fingerprint density at radius 1 is 1.22 bits per heavy atom. The predicted molar refractivity (Wildman–Crippen MR) is 104 cm³/mol. The van der Waals surface area contributed by atoms with Gasteiger partial charge in [0, 0.05) is 17.5 Å². The molecule has 1 atom stereocenters. The Morgan fingerprint density at radius 2 is 1.89 bits per heavy atom. The van der Waals surface area contributed by atoms with E-state index in [1.165, 1.54) is 0 Å². The maximum Gasteiger partial charge on any atom is 0.242 e. The highest BCUT2D eigenvalue weighted by Gasteiger charge is 2.31. The van der Waals surface area contributed by atoms with Crippen molar-refractivity contribution in [3.8, 4) is 0 Å². The Balaban J connectivity index is 1.57. The second-order valence-electron chi connectivity index (χ2n) is 7.28. The van der Waals surface area contributed by atoms with Gasteiger partial charge >= 0.3 is 0 Å². The number of aryl methyl sites for hydroxylation is 2. The van der Waals surface area contributed by atoms with Crippen molar-refractivity contribution in [3.05, 3.63) is 47.2 Å². The first-order valence-corrected chi connectivity index (χ1v) is 9.57. The summed E-state index contributed by atoms with van der Waals surface area (Å²) in [5.41, 5.74) is 1.94. The van der Waals surface area contributed by atoms with E-state index in [1.807, 2.05) is 38.1 Å². The molecule has 27 heavy (non-hydrogen) atoms. The molecule has 1 fully saturated rings. The van der Waals surface area contributed by atoms with Crippen LogP contribution >= 0.6 is 0 Å². The van der Waals surface area contributed by atoms with Gasteiger partial charge in [0.2, 0.25) is 5.91 Å². The molecule has 1 saturated heterocycles. The van der Waals surface area contributed by atoms with Crippen LogP contribution in [-0.2, 0) is 4.79 Å². The Morgan fingerprint density at radius 3 is 2.44 bits per heavy atom. The quantitative estimate of drug-likeness (QED) is 0.788. The summed E-state index contributed by atoms with van der Waals surface area (Å²) in [6, 6.07) is 9.25. The molecular formula is C21H27N3O3. The van der Waals surface area contributed by atoms with E-state index in [9.17, 15) is 9.59 Å². The second kappa shape index (κ2) is 8.48. The Kier molecular flexibility index (Phi) is 6.06. The normalized spacial score (nSPS) is 16.9. The van der Waals surface area contributed by atoms with Gasteiger partial charge in [-0.2, -0.15) is 0 Å². The Hall–Kier alpha value is -2.47. The van der Waals surface area contributed by atoms with E-state index in [0.29, 0.717) is 18.0 Å². The topological polar surface area (TPSA) is 75.4 Å². The molecule has 1 N–H and O–H groups in total. The van der Waals surface area contributed by atoms with Gasteiger partial charge in [-0.15, -0.1) is 0 Å². The van der Waals surface area contributed by atoms with Crippen molar-refractivity contribution in [2.45, 2.75) is 46.1 Å². The summed E-state index contributed by atoms with van der Waals surface area (Å²) in [6.45, 7) is 7.29. The van der Waals surface area contributed by atoms with E-state index in [4.69, 9.17) is 4.52 Å². The lowest BCUT2D eigenvalue weighted by atomic mass is 9.88. The van der Waals surface area contributed by atoms with Crippen molar-refractivity contribution in [2.75, 3.05) is 18.4 Å². The Labute approximate surface area is 159 Å². The molecule has 1 aliphatic rings. The third-order valence-electron chi connectivity index (χ3n) is 5.25. The van der Waals surface area contributed by atoms with Crippen LogP contribution in [-0.4, -0.2) is 40.9 Å². The van der Waals surface area contributed by atoms with Gasteiger partial charge in [-0.3, -0.25) is 14.5 Å². The minimum Gasteiger partial charge on any atom is -0.360 e. The molecule has 6 heteroatoms. The fraction of sp³-hybridized carbons (Fsp3) is 0.476. The lowest BCUT2D eigenvalue weighted by molar-refractivity contribution is -0.122. The van der Waals surface area contributed by atoms with Gasteiger partial charge in [-0.05, 0) is 46.2 Å². The number of carbonyl (C=O) groups excluding carboxylic acids is 2. The summed E-state index contributed by atoms with van der Waals surface area (Å²) in [4.78, 5) is 27.5. The maximum absolute atomic E-state index is 12.7. The molecule has 6 nitrogen and oxygen atoms in total. The molecule has 1 aliphatic heterocycles. The molecule has 0 saturated carbocycles. The van der Waals surface area contributed by atoms with Crippen molar-refractivity contribution in [3.63, 3.8) is 0 Å². The number of carbonyl (C=O) groups is 2. The largest absolute Gasteiger partial charge is 0.360 e. The Bertz CT molecular complexity index is 789. The van der Waals surface area contributed by atoms with Gasteiger partial charge in [0.1, 0.15) is 5.76 Å². The summed E-state index contributed by atoms with van der Waals surface area (Å²) < 4.78 is 5.00. The van der Waals surface area contributed by atoms with E-state index in [0.717, 1.165) is 37.1 Å². The molecule has 1 unspecified atom stereocenters. The average molecular weight is 369 g/mol. The molecule has 1 aromatic heterocycles. The summed E-state index contributed by atoms with van der Waals surface area (Å²) in [6.07, 6.45) is 2.26. The number of nitrogens with zero attached hydrogens (tertiary/aromatic N) is 2. The van der Waals surface area contributed by atoms with Gasteiger partial charge in [-0.25, -0.2) is 0 Å². The zero-order valence-corrected chi connectivity index (χ0v) is 16.2. The molecule has 3 rings (SSSR count). The van der Waals surface area contributed by atoms with Crippen LogP contribution in [0.1, 0.15) is 47.9 Å². The molecule has 144 valence electrons. The minimum absolute atomic E-state index is 0.0303. The van der Waals surface area contributed by atoms with Crippen LogP contribution in [0.15, 0.2) is 34.9 Å². The minimum atomic E-state index is -0.225. The van der Waals surface area contributed by atoms with Crippen LogP contribution in [0.5, 0.6) is 0 Å². The van der Waals surface area contributed by atoms with Crippen molar-refractivity contribution < 1.29 is 14.1 Å². The number of benzene rings is 1. The SMILES string of the molecule is CCC(C(=O)Nc1cc(C)on1)N1CCC(C(=O)c2ccc(C)cc2)CC1. The summed E-state index contributed by atoms with van der Waals surface area (Å²) in [5, 5.41) is 6.65. The monoisotopic (exact) mass is 369 g/mol. The number of anilines is 1. The fourth-order valence-electron chi connectivity index (χ4n) is 3.67. The number of amides is 1. The smallest absolute Gasteiger partial charge is 0.242 e. The summed E-state index contributed by atoms with van der Waals surface area (Å²) in [7, 11) is 0. The van der Waals surface area contributed by atoms with Crippen molar-refractivity contribution in [2.24, 2.45) is 5.92 Å². The van der Waals surface area contributed by atoms with Gasteiger partial charge in [0.05, 0.1) is 6.04 Å². The van der Waals surface area contributed by atoms with Crippen molar-refractivity contribution >= 4 is 17.5 Å². The molecular weight excluding hydrogens is 342 g/mol. The fourth-order valence-corrected chi connectivity index (χ4v) is 3.67. The van der Waals surface area contributed by atoms with E-state index in [1.54, 1.807) is 13.0 Å². The van der Waals surface area contributed by atoms with Crippen LogP contribution in [0.25, 0.3) is 0 Å². The highest BCUT2D eigenvalue weighted by atomic mass is 16.5. The number of rotatable bonds is 6.